The standard InChI is InChI=1S/C8H14ClNO/c1-5-3-6(9)4-7(10-2)8(5)11/h3,5,7-8,10-11H,4H2,1-2H3. The molecular weight excluding hydrogens is 162 g/mol. The monoisotopic (exact) mass is 175 g/mol. The minimum Gasteiger partial charge on any atom is -0.391 e. The number of hydrogen-bond acceptors (Lipinski definition) is 2. The first kappa shape index (κ1) is 9.04. The Balaban J connectivity index is 2.67. The first-order valence-electron chi connectivity index (χ1n) is 3.86. The summed E-state index contributed by atoms with van der Waals surface area (Å²) >= 11 is 5.86. The molecule has 1 aliphatic carbocycles. The third-order valence-electron chi connectivity index (χ3n) is 2.18. The van der Waals surface area contributed by atoms with Crippen molar-refractivity contribution in [2.24, 2.45) is 5.92 Å². The maximum Gasteiger partial charge on any atom is 0.0756 e. The summed E-state index contributed by atoms with van der Waals surface area (Å²) in [4.78, 5) is 0. The topological polar surface area (TPSA) is 32.3 Å². The fraction of sp³-hybridized carbons (Fsp3) is 0.750. The first-order chi connectivity index (χ1) is 5.15. The van der Waals surface area contributed by atoms with Gasteiger partial charge in [0.25, 0.3) is 0 Å². The molecule has 1 aliphatic rings. The van der Waals surface area contributed by atoms with E-state index in [1.165, 1.54) is 0 Å². The summed E-state index contributed by atoms with van der Waals surface area (Å²) in [5, 5.41) is 13.5. The smallest absolute Gasteiger partial charge is 0.0756 e. The maximum atomic E-state index is 9.59. The lowest BCUT2D eigenvalue weighted by atomic mass is 9.90. The summed E-state index contributed by atoms with van der Waals surface area (Å²) < 4.78 is 0. The fourth-order valence-corrected chi connectivity index (χ4v) is 1.79. The Labute approximate surface area is 72.2 Å². The van der Waals surface area contributed by atoms with E-state index in [4.69, 9.17) is 11.6 Å². The Morgan fingerprint density at radius 1 is 1.73 bits per heavy atom. The molecule has 0 saturated carbocycles. The Bertz CT molecular complexity index is 169. The Kier molecular flexibility index (Phi) is 2.93. The highest BCUT2D eigenvalue weighted by atomic mass is 35.5. The lowest BCUT2D eigenvalue weighted by molar-refractivity contribution is 0.0913. The van der Waals surface area contributed by atoms with Gasteiger partial charge in [0.15, 0.2) is 0 Å². The third kappa shape index (κ3) is 1.95. The molecule has 0 bridgehead atoms. The highest BCUT2D eigenvalue weighted by Crippen LogP contribution is 2.25. The summed E-state index contributed by atoms with van der Waals surface area (Å²) in [6.45, 7) is 1.97. The lowest BCUT2D eigenvalue weighted by Gasteiger charge is -2.30. The number of rotatable bonds is 1. The van der Waals surface area contributed by atoms with Crippen molar-refractivity contribution < 1.29 is 5.11 Å². The van der Waals surface area contributed by atoms with E-state index in [-0.39, 0.29) is 18.1 Å². The quantitative estimate of drug-likeness (QED) is 0.626. The molecule has 0 aromatic carbocycles. The van der Waals surface area contributed by atoms with Crippen LogP contribution in [0.1, 0.15) is 13.3 Å². The number of nitrogens with one attached hydrogen (secondary N) is 1. The molecule has 0 aromatic heterocycles. The van der Waals surface area contributed by atoms with Gasteiger partial charge in [-0.2, -0.15) is 0 Å². The average molecular weight is 176 g/mol. The van der Waals surface area contributed by atoms with Crippen molar-refractivity contribution in [1.29, 1.82) is 0 Å². The molecule has 0 amide bonds. The second kappa shape index (κ2) is 3.57. The molecule has 3 atom stereocenters. The predicted octanol–water partition coefficient (Wildman–Crippen LogP) is 1.10. The van der Waals surface area contributed by atoms with Crippen molar-refractivity contribution in [3.05, 3.63) is 11.1 Å². The van der Waals surface area contributed by atoms with Gasteiger partial charge >= 0.3 is 0 Å². The second-order valence-electron chi connectivity index (χ2n) is 3.06. The third-order valence-corrected chi connectivity index (χ3v) is 2.46. The van der Waals surface area contributed by atoms with Gasteiger partial charge in [-0.15, -0.1) is 0 Å². The molecule has 64 valence electrons. The second-order valence-corrected chi connectivity index (χ2v) is 3.55. The molecule has 11 heavy (non-hydrogen) atoms. The van der Waals surface area contributed by atoms with Crippen LogP contribution in [0.3, 0.4) is 0 Å². The van der Waals surface area contributed by atoms with Gasteiger partial charge in [-0.25, -0.2) is 0 Å². The van der Waals surface area contributed by atoms with E-state index >= 15 is 0 Å². The van der Waals surface area contributed by atoms with Crippen LogP contribution in [-0.4, -0.2) is 24.3 Å². The Morgan fingerprint density at radius 3 is 2.91 bits per heavy atom. The SMILES string of the molecule is CNC1CC(Cl)=CC(C)C1O. The predicted molar refractivity (Wildman–Crippen MR) is 46.6 cm³/mol. The molecule has 2 nitrogen and oxygen atoms in total. The molecule has 0 spiro atoms. The van der Waals surface area contributed by atoms with Crippen molar-refractivity contribution in [3.63, 3.8) is 0 Å². The van der Waals surface area contributed by atoms with Gasteiger partial charge < -0.3 is 10.4 Å². The zero-order chi connectivity index (χ0) is 8.43. The highest BCUT2D eigenvalue weighted by Gasteiger charge is 2.27. The molecular formula is C8H14ClNO. The zero-order valence-corrected chi connectivity index (χ0v) is 7.60. The van der Waals surface area contributed by atoms with Crippen LogP contribution < -0.4 is 5.32 Å². The van der Waals surface area contributed by atoms with Crippen LogP contribution in [0.2, 0.25) is 0 Å². The summed E-state index contributed by atoms with van der Waals surface area (Å²) in [5.41, 5.74) is 0. The Hall–Kier alpha value is -0.0500. The van der Waals surface area contributed by atoms with E-state index in [0.29, 0.717) is 0 Å². The van der Waals surface area contributed by atoms with Crippen LogP contribution in [0.4, 0.5) is 0 Å². The van der Waals surface area contributed by atoms with E-state index in [0.717, 1.165) is 11.5 Å². The van der Waals surface area contributed by atoms with Crippen molar-refractivity contribution >= 4 is 11.6 Å². The van der Waals surface area contributed by atoms with Crippen molar-refractivity contribution in [1.82, 2.24) is 5.32 Å². The molecule has 0 aliphatic heterocycles. The van der Waals surface area contributed by atoms with Crippen LogP contribution in [-0.2, 0) is 0 Å². The molecule has 3 heteroatoms. The largest absolute Gasteiger partial charge is 0.391 e. The minimum absolute atomic E-state index is 0.113. The van der Waals surface area contributed by atoms with E-state index < -0.39 is 0 Å². The molecule has 0 aromatic rings. The van der Waals surface area contributed by atoms with Crippen molar-refractivity contribution in [2.75, 3.05) is 7.05 Å². The molecule has 0 radical (unpaired) electrons. The average Bonchev–Trinajstić information content (AvgIpc) is 1.96. The summed E-state index contributed by atoms with van der Waals surface area (Å²) in [7, 11) is 1.84. The van der Waals surface area contributed by atoms with Gasteiger partial charge in [0.1, 0.15) is 0 Å². The molecule has 2 N–H and O–H groups in total. The van der Waals surface area contributed by atoms with Gasteiger partial charge in [-0.05, 0) is 7.05 Å². The number of hydrogen-bond donors (Lipinski definition) is 2. The lowest BCUT2D eigenvalue weighted by Crippen LogP contribution is -2.43. The van der Waals surface area contributed by atoms with Gasteiger partial charge in [0, 0.05) is 23.4 Å². The van der Waals surface area contributed by atoms with Gasteiger partial charge in [-0.3, -0.25) is 0 Å². The molecule has 1 rings (SSSR count). The first-order valence-corrected chi connectivity index (χ1v) is 4.24. The van der Waals surface area contributed by atoms with Gasteiger partial charge in [0.2, 0.25) is 0 Å². The van der Waals surface area contributed by atoms with Crippen molar-refractivity contribution in [3.8, 4) is 0 Å². The van der Waals surface area contributed by atoms with Crippen LogP contribution in [0.25, 0.3) is 0 Å². The van der Waals surface area contributed by atoms with Crippen LogP contribution in [0, 0.1) is 5.92 Å². The van der Waals surface area contributed by atoms with Gasteiger partial charge in [-0.1, -0.05) is 24.6 Å². The molecule has 0 heterocycles. The number of likely N-dealkylation sites (N-methyl/N-ethyl adjacent to an activating group) is 1. The summed E-state index contributed by atoms with van der Waals surface area (Å²) in [6, 6.07) is 0.113. The van der Waals surface area contributed by atoms with E-state index in [2.05, 4.69) is 5.32 Å². The van der Waals surface area contributed by atoms with E-state index in [1.807, 2.05) is 20.0 Å². The van der Waals surface area contributed by atoms with Crippen molar-refractivity contribution in [2.45, 2.75) is 25.5 Å². The number of halogens is 1. The van der Waals surface area contributed by atoms with Gasteiger partial charge in [0.05, 0.1) is 6.10 Å². The van der Waals surface area contributed by atoms with Crippen LogP contribution in [0.5, 0.6) is 0 Å². The minimum atomic E-state index is -0.303. The van der Waals surface area contributed by atoms with E-state index in [9.17, 15) is 5.11 Å². The van der Waals surface area contributed by atoms with Crippen LogP contribution >= 0.6 is 11.6 Å². The fourth-order valence-electron chi connectivity index (χ4n) is 1.42. The molecule has 0 saturated heterocycles. The Morgan fingerprint density at radius 2 is 2.36 bits per heavy atom. The number of aliphatic hydroxyl groups is 1. The molecule has 3 unspecified atom stereocenters. The zero-order valence-electron chi connectivity index (χ0n) is 6.84. The molecule has 0 fully saturated rings. The highest BCUT2D eigenvalue weighted by molar-refractivity contribution is 6.29. The number of aliphatic hydroxyl groups excluding tert-OH is 1. The summed E-state index contributed by atoms with van der Waals surface area (Å²) in [6.07, 6.45) is 2.35. The maximum absolute atomic E-state index is 9.59. The van der Waals surface area contributed by atoms with E-state index in [1.54, 1.807) is 0 Å². The summed E-state index contributed by atoms with van der Waals surface area (Å²) in [5.74, 6) is 0.161. The normalized spacial score (nSPS) is 38.5. The van der Waals surface area contributed by atoms with Crippen LogP contribution in [0.15, 0.2) is 11.1 Å².